The fraction of sp³-hybridized carbons (Fsp3) is 0.800. The van der Waals surface area contributed by atoms with Gasteiger partial charge in [-0.25, -0.2) is 0 Å². The van der Waals surface area contributed by atoms with E-state index in [9.17, 15) is 0 Å². The quantitative estimate of drug-likeness (QED) is 0.370. The van der Waals surface area contributed by atoms with Crippen LogP contribution in [0.3, 0.4) is 0 Å². The summed E-state index contributed by atoms with van der Waals surface area (Å²) in [6.45, 7) is 3.72. The Morgan fingerprint density at radius 2 is 2.00 bits per heavy atom. The van der Waals surface area contributed by atoms with Gasteiger partial charge in [-0.3, -0.25) is 0 Å². The zero-order chi connectivity index (χ0) is 4.83. The number of hydrogen-bond donors (Lipinski definition) is 0. The molecule has 0 unspecified atom stereocenters. The van der Waals surface area contributed by atoms with E-state index >= 15 is 0 Å². The Morgan fingerprint density at radius 1 is 1.33 bits per heavy atom. The van der Waals surface area contributed by atoms with Crippen molar-refractivity contribution in [2.45, 2.75) is 19.3 Å². The summed E-state index contributed by atoms with van der Waals surface area (Å²) in [4.78, 5) is 0. The Morgan fingerprint density at radius 3 is 2.17 bits per heavy atom. The predicted molar refractivity (Wildman–Crippen MR) is 38.1 cm³/mol. The van der Waals surface area contributed by atoms with Gasteiger partial charge in [-0.05, 0) is 10.8 Å². The molecule has 0 aromatic rings. The molecule has 0 spiro atoms. The van der Waals surface area contributed by atoms with Crippen LogP contribution in [0.5, 0.6) is 0 Å². The Kier molecular flexibility index (Phi) is 6.43. The molecule has 0 rings (SSSR count). The zero-order valence-corrected chi connectivity index (χ0v) is 6.07. The highest BCUT2D eigenvalue weighted by Gasteiger charge is 1.76. The van der Waals surface area contributed by atoms with Crippen LogP contribution < -0.4 is 0 Å². The van der Waals surface area contributed by atoms with Crippen LogP contribution in [0.1, 0.15) is 19.3 Å². The summed E-state index contributed by atoms with van der Waals surface area (Å²) in [5, 5.41) is 0. The Hall–Kier alpha value is 0.730. The van der Waals surface area contributed by atoms with E-state index in [1.807, 2.05) is 0 Å². The first-order chi connectivity index (χ1) is 2.91. The minimum atomic E-state index is 1.10. The number of alkyl halides is 1. The van der Waals surface area contributed by atoms with Gasteiger partial charge in [0.05, 0.1) is 0 Å². The topological polar surface area (TPSA) is 0 Å². The van der Waals surface area contributed by atoms with Crippen molar-refractivity contribution >= 4 is 22.6 Å². The minimum Gasteiger partial charge on any atom is -0.0864 e. The third-order valence-corrected chi connectivity index (χ3v) is 1.40. The van der Waals surface area contributed by atoms with Gasteiger partial charge in [0.2, 0.25) is 0 Å². The fourth-order valence-electron chi connectivity index (χ4n) is 0.271. The average Bonchev–Trinajstić information content (AvgIpc) is 1.61. The normalized spacial score (nSPS) is 9.00. The highest BCUT2D eigenvalue weighted by molar-refractivity contribution is 14.1. The van der Waals surface area contributed by atoms with Crippen LogP contribution >= 0.6 is 22.6 Å². The van der Waals surface area contributed by atoms with Crippen molar-refractivity contribution in [1.29, 1.82) is 0 Å². The molecule has 0 aromatic heterocycles. The molecule has 0 heterocycles. The summed E-state index contributed by atoms with van der Waals surface area (Å²) >= 11 is 2.38. The monoisotopic (exact) mass is 197 g/mol. The molecule has 37 valence electrons. The van der Waals surface area contributed by atoms with Gasteiger partial charge in [-0.15, -0.1) is 0 Å². The van der Waals surface area contributed by atoms with E-state index in [0.29, 0.717) is 0 Å². The first kappa shape index (κ1) is 6.73. The SMILES string of the molecule is [CH2]CCCCI. The van der Waals surface area contributed by atoms with Crippen LogP contribution in [-0.4, -0.2) is 4.43 Å². The Bertz CT molecular complexity index is 15.9. The van der Waals surface area contributed by atoms with Gasteiger partial charge in [0.1, 0.15) is 0 Å². The van der Waals surface area contributed by atoms with Crippen LogP contribution in [0, 0.1) is 6.92 Å². The molecule has 0 nitrogen and oxygen atoms in total. The van der Waals surface area contributed by atoms with Crippen molar-refractivity contribution in [3.05, 3.63) is 6.92 Å². The summed E-state index contributed by atoms with van der Waals surface area (Å²) in [6.07, 6.45) is 3.73. The molecule has 0 atom stereocenters. The lowest BCUT2D eigenvalue weighted by atomic mass is 10.3. The molecule has 0 aliphatic rings. The van der Waals surface area contributed by atoms with Crippen molar-refractivity contribution in [3.8, 4) is 0 Å². The van der Waals surface area contributed by atoms with E-state index in [2.05, 4.69) is 29.5 Å². The molecule has 0 N–H and O–H groups in total. The lowest BCUT2D eigenvalue weighted by Gasteiger charge is -1.84. The number of unbranched alkanes of at least 4 members (excludes halogenated alkanes) is 2. The lowest BCUT2D eigenvalue weighted by Crippen LogP contribution is -1.70. The van der Waals surface area contributed by atoms with E-state index in [1.54, 1.807) is 0 Å². The van der Waals surface area contributed by atoms with Crippen LogP contribution in [0.2, 0.25) is 0 Å². The summed E-state index contributed by atoms with van der Waals surface area (Å²) < 4.78 is 1.28. The number of halogens is 1. The van der Waals surface area contributed by atoms with Gasteiger partial charge in [0, 0.05) is 0 Å². The maximum absolute atomic E-state index is 3.72. The largest absolute Gasteiger partial charge is 0.0864 e. The van der Waals surface area contributed by atoms with Crippen LogP contribution in [-0.2, 0) is 0 Å². The predicted octanol–water partition coefficient (Wildman–Crippen LogP) is 2.43. The van der Waals surface area contributed by atoms with Gasteiger partial charge in [-0.1, -0.05) is 42.4 Å². The molecule has 6 heavy (non-hydrogen) atoms. The molecule has 1 heteroatoms. The van der Waals surface area contributed by atoms with Crippen molar-refractivity contribution < 1.29 is 0 Å². The average molecular weight is 197 g/mol. The second kappa shape index (κ2) is 5.73. The zero-order valence-electron chi connectivity index (χ0n) is 3.91. The molecular weight excluding hydrogens is 187 g/mol. The van der Waals surface area contributed by atoms with Gasteiger partial charge in [0.25, 0.3) is 0 Å². The van der Waals surface area contributed by atoms with E-state index in [0.717, 1.165) is 6.42 Å². The third-order valence-electron chi connectivity index (χ3n) is 0.634. The van der Waals surface area contributed by atoms with E-state index in [4.69, 9.17) is 0 Å². The molecule has 0 aromatic carbocycles. The fourth-order valence-corrected chi connectivity index (χ4v) is 0.811. The summed E-state index contributed by atoms with van der Waals surface area (Å²) in [5.41, 5.74) is 0. The third kappa shape index (κ3) is 4.73. The van der Waals surface area contributed by atoms with Crippen LogP contribution in [0.4, 0.5) is 0 Å². The first-order valence-electron chi connectivity index (χ1n) is 2.27. The Balaban J connectivity index is 2.34. The molecule has 0 aliphatic heterocycles. The maximum atomic E-state index is 3.72. The molecule has 0 aliphatic carbocycles. The van der Waals surface area contributed by atoms with Crippen LogP contribution in [0.15, 0.2) is 0 Å². The van der Waals surface area contributed by atoms with E-state index < -0.39 is 0 Å². The molecule has 0 amide bonds. The molecule has 1 radical (unpaired) electrons. The minimum absolute atomic E-state index is 1.10. The van der Waals surface area contributed by atoms with Crippen molar-refractivity contribution in [2.24, 2.45) is 0 Å². The summed E-state index contributed by atoms with van der Waals surface area (Å²) in [6, 6.07) is 0. The first-order valence-corrected chi connectivity index (χ1v) is 3.79. The van der Waals surface area contributed by atoms with Crippen molar-refractivity contribution in [1.82, 2.24) is 0 Å². The summed E-state index contributed by atoms with van der Waals surface area (Å²) in [7, 11) is 0. The Labute approximate surface area is 53.5 Å². The number of rotatable bonds is 3. The lowest BCUT2D eigenvalue weighted by molar-refractivity contribution is 0.829. The van der Waals surface area contributed by atoms with Crippen molar-refractivity contribution in [2.75, 3.05) is 4.43 Å². The molecular formula is C5H10I. The maximum Gasteiger partial charge on any atom is -0.000473 e. The van der Waals surface area contributed by atoms with Crippen LogP contribution in [0.25, 0.3) is 0 Å². The summed E-state index contributed by atoms with van der Waals surface area (Å²) in [5.74, 6) is 0. The standard InChI is InChI=1S/C5H10I/c1-2-3-4-5-6/h1-5H2. The van der Waals surface area contributed by atoms with Gasteiger partial charge in [-0.2, -0.15) is 0 Å². The van der Waals surface area contributed by atoms with E-state index in [-0.39, 0.29) is 0 Å². The van der Waals surface area contributed by atoms with Crippen molar-refractivity contribution in [3.63, 3.8) is 0 Å². The number of hydrogen-bond acceptors (Lipinski definition) is 0. The van der Waals surface area contributed by atoms with E-state index in [1.165, 1.54) is 17.3 Å². The van der Waals surface area contributed by atoms with Gasteiger partial charge in [0.15, 0.2) is 0 Å². The molecule has 0 bridgehead atoms. The van der Waals surface area contributed by atoms with Gasteiger partial charge < -0.3 is 0 Å². The molecule has 0 saturated carbocycles. The highest BCUT2D eigenvalue weighted by atomic mass is 127. The smallest absolute Gasteiger partial charge is 0.000473 e. The van der Waals surface area contributed by atoms with Gasteiger partial charge >= 0.3 is 0 Å². The second-order valence-electron chi connectivity index (χ2n) is 1.25. The molecule has 0 fully saturated rings. The highest BCUT2D eigenvalue weighted by Crippen LogP contribution is 1.95. The molecule has 0 saturated heterocycles. The second-order valence-corrected chi connectivity index (χ2v) is 2.33.